The van der Waals surface area contributed by atoms with E-state index in [1.54, 1.807) is 19.2 Å². The van der Waals surface area contributed by atoms with Crippen molar-refractivity contribution in [2.45, 2.75) is 31.8 Å². The summed E-state index contributed by atoms with van der Waals surface area (Å²) in [6.07, 6.45) is 1.99. The van der Waals surface area contributed by atoms with Gasteiger partial charge in [0.05, 0.1) is 19.6 Å². The van der Waals surface area contributed by atoms with Crippen molar-refractivity contribution in [2.24, 2.45) is 0 Å². The van der Waals surface area contributed by atoms with Gasteiger partial charge in [0, 0.05) is 39.3 Å². The van der Waals surface area contributed by atoms with E-state index in [1.807, 2.05) is 34.1 Å². The summed E-state index contributed by atoms with van der Waals surface area (Å²) in [6, 6.07) is 13.8. The molecular formula is C25H30FN3O3. The second-order valence-corrected chi connectivity index (χ2v) is 8.49. The van der Waals surface area contributed by atoms with Crippen LogP contribution in [0.1, 0.15) is 24.0 Å². The highest BCUT2D eigenvalue weighted by atomic mass is 19.1. The van der Waals surface area contributed by atoms with Crippen molar-refractivity contribution < 1.29 is 18.7 Å². The Labute approximate surface area is 188 Å². The number of halogens is 1. The number of hydrogen-bond donors (Lipinski definition) is 0. The highest BCUT2D eigenvalue weighted by Crippen LogP contribution is 2.22. The van der Waals surface area contributed by atoms with Gasteiger partial charge in [-0.25, -0.2) is 4.39 Å². The van der Waals surface area contributed by atoms with Crippen LogP contribution in [0.25, 0.3) is 0 Å². The zero-order valence-electron chi connectivity index (χ0n) is 18.5. The van der Waals surface area contributed by atoms with E-state index in [9.17, 15) is 14.0 Å². The molecule has 2 aliphatic heterocycles. The fourth-order valence-corrected chi connectivity index (χ4v) is 4.60. The normalized spacial score (nSPS) is 19.8. The van der Waals surface area contributed by atoms with Crippen LogP contribution in [0.5, 0.6) is 5.75 Å². The van der Waals surface area contributed by atoms with Gasteiger partial charge < -0.3 is 14.5 Å². The smallest absolute Gasteiger partial charge is 0.240 e. The molecule has 0 N–H and O–H groups in total. The van der Waals surface area contributed by atoms with Gasteiger partial charge in [-0.1, -0.05) is 24.3 Å². The van der Waals surface area contributed by atoms with Crippen LogP contribution in [0.15, 0.2) is 48.5 Å². The Bertz CT molecular complexity index is 950. The number of rotatable bonds is 6. The van der Waals surface area contributed by atoms with Crippen molar-refractivity contribution in [3.8, 4) is 5.75 Å². The molecule has 6 nitrogen and oxygen atoms in total. The molecule has 0 radical (unpaired) electrons. The highest BCUT2D eigenvalue weighted by molar-refractivity contribution is 5.84. The van der Waals surface area contributed by atoms with E-state index in [-0.39, 0.29) is 23.7 Å². The fourth-order valence-electron chi connectivity index (χ4n) is 4.60. The first-order chi connectivity index (χ1) is 15.5. The number of carbonyl (C=O) groups is 2. The number of likely N-dealkylation sites (tertiary alicyclic amines) is 1. The summed E-state index contributed by atoms with van der Waals surface area (Å²) in [5.41, 5.74) is 1.88. The summed E-state index contributed by atoms with van der Waals surface area (Å²) in [7, 11) is 1.62. The minimum atomic E-state index is -0.269. The third-order valence-corrected chi connectivity index (χ3v) is 6.37. The predicted molar refractivity (Wildman–Crippen MR) is 120 cm³/mol. The predicted octanol–water partition coefficient (Wildman–Crippen LogP) is 2.71. The Morgan fingerprint density at radius 1 is 1.03 bits per heavy atom. The van der Waals surface area contributed by atoms with Crippen molar-refractivity contribution in [1.82, 2.24) is 14.7 Å². The highest BCUT2D eigenvalue weighted by Gasteiger charge is 2.36. The first-order valence-corrected chi connectivity index (χ1v) is 11.2. The summed E-state index contributed by atoms with van der Waals surface area (Å²) in [6.45, 7) is 4.06. The molecule has 2 aromatic rings. The summed E-state index contributed by atoms with van der Waals surface area (Å²) < 4.78 is 18.4. The van der Waals surface area contributed by atoms with Gasteiger partial charge in [-0.15, -0.1) is 0 Å². The minimum Gasteiger partial charge on any atom is -0.497 e. The zero-order valence-corrected chi connectivity index (χ0v) is 18.5. The quantitative estimate of drug-likeness (QED) is 0.695. The molecule has 2 fully saturated rings. The number of hydrogen-bond acceptors (Lipinski definition) is 4. The average Bonchev–Trinajstić information content (AvgIpc) is 3.00. The van der Waals surface area contributed by atoms with E-state index in [4.69, 9.17) is 4.74 Å². The molecule has 2 saturated heterocycles. The molecule has 2 aromatic carbocycles. The van der Waals surface area contributed by atoms with Gasteiger partial charge in [-0.3, -0.25) is 14.5 Å². The van der Waals surface area contributed by atoms with Gasteiger partial charge in [0.15, 0.2) is 0 Å². The number of amides is 2. The van der Waals surface area contributed by atoms with Crippen molar-refractivity contribution in [3.05, 3.63) is 65.5 Å². The maximum absolute atomic E-state index is 13.1. The van der Waals surface area contributed by atoms with Crippen molar-refractivity contribution >= 4 is 11.8 Å². The average molecular weight is 440 g/mol. The number of ether oxygens (including phenoxy) is 1. The van der Waals surface area contributed by atoms with Crippen molar-refractivity contribution in [2.75, 3.05) is 39.8 Å². The van der Waals surface area contributed by atoms with Gasteiger partial charge >= 0.3 is 0 Å². The lowest BCUT2D eigenvalue weighted by molar-refractivity contribution is -0.132. The Hall–Kier alpha value is -2.93. The second kappa shape index (κ2) is 10.1. The minimum absolute atomic E-state index is 0.107. The molecule has 4 rings (SSSR count). The van der Waals surface area contributed by atoms with Crippen LogP contribution < -0.4 is 4.74 Å². The summed E-state index contributed by atoms with van der Waals surface area (Å²) in [5, 5.41) is 0. The van der Waals surface area contributed by atoms with Crippen LogP contribution in [-0.4, -0.2) is 72.4 Å². The van der Waals surface area contributed by atoms with Crippen LogP contribution in [0, 0.1) is 5.82 Å². The summed E-state index contributed by atoms with van der Waals surface area (Å²) in [5.74, 6) is 0.720. The van der Waals surface area contributed by atoms with Crippen molar-refractivity contribution in [1.29, 1.82) is 0 Å². The Balaban J connectivity index is 1.31. The van der Waals surface area contributed by atoms with E-state index < -0.39 is 0 Å². The first-order valence-electron chi connectivity index (χ1n) is 11.2. The SMILES string of the molecule is COc1cccc(CC(=O)N2CCCN([C@@H]3CCN(Cc4ccc(F)cc4)C3=O)CC2)c1. The van der Waals surface area contributed by atoms with Gasteiger partial charge in [0.1, 0.15) is 11.6 Å². The lowest BCUT2D eigenvalue weighted by atomic mass is 10.1. The lowest BCUT2D eigenvalue weighted by Crippen LogP contribution is -2.44. The number of benzene rings is 2. The molecule has 1 atom stereocenters. The molecular weight excluding hydrogens is 409 g/mol. The maximum atomic E-state index is 13.1. The molecule has 0 unspecified atom stereocenters. The van der Waals surface area contributed by atoms with Crippen LogP contribution in [0.3, 0.4) is 0 Å². The molecule has 0 spiro atoms. The standard InChI is InChI=1S/C25H30FN3O3/c1-32-22-5-2-4-20(16-22)17-24(30)28-12-3-11-27(14-15-28)23-10-13-29(25(23)31)18-19-6-8-21(26)9-7-19/h2,4-9,16,23H,3,10-15,17-18H2,1H3/t23-/m1/s1. The molecule has 0 aliphatic carbocycles. The number of methoxy groups -OCH3 is 1. The fraction of sp³-hybridized carbons (Fsp3) is 0.440. The molecule has 2 aliphatic rings. The summed E-state index contributed by atoms with van der Waals surface area (Å²) in [4.78, 5) is 31.9. The number of nitrogens with zero attached hydrogens (tertiary/aromatic N) is 3. The molecule has 2 heterocycles. The monoisotopic (exact) mass is 439 g/mol. The van der Waals surface area contributed by atoms with Crippen LogP contribution in [0.4, 0.5) is 4.39 Å². The number of carbonyl (C=O) groups excluding carboxylic acids is 2. The van der Waals surface area contributed by atoms with Crippen molar-refractivity contribution in [3.63, 3.8) is 0 Å². The molecule has 170 valence electrons. The van der Waals surface area contributed by atoms with Gasteiger partial charge in [0.2, 0.25) is 11.8 Å². The lowest BCUT2D eigenvalue weighted by Gasteiger charge is -2.26. The largest absolute Gasteiger partial charge is 0.497 e. The second-order valence-electron chi connectivity index (χ2n) is 8.49. The van der Waals surface area contributed by atoms with Gasteiger partial charge in [-0.2, -0.15) is 0 Å². The summed E-state index contributed by atoms with van der Waals surface area (Å²) >= 11 is 0. The molecule has 32 heavy (non-hydrogen) atoms. The maximum Gasteiger partial charge on any atom is 0.240 e. The van der Waals surface area contributed by atoms with Crippen LogP contribution >= 0.6 is 0 Å². The van der Waals surface area contributed by atoms with E-state index in [0.29, 0.717) is 39.1 Å². The molecule has 0 bridgehead atoms. The van der Waals surface area contributed by atoms with E-state index in [0.717, 1.165) is 36.3 Å². The molecule has 7 heteroatoms. The van der Waals surface area contributed by atoms with Crippen LogP contribution in [-0.2, 0) is 22.6 Å². The molecule has 0 aromatic heterocycles. The Morgan fingerprint density at radius 2 is 1.84 bits per heavy atom. The van der Waals surface area contributed by atoms with E-state index in [1.165, 1.54) is 12.1 Å². The first kappa shape index (κ1) is 22.3. The van der Waals surface area contributed by atoms with Crippen LogP contribution in [0.2, 0.25) is 0 Å². The zero-order chi connectivity index (χ0) is 22.5. The molecule has 2 amide bonds. The van der Waals surface area contributed by atoms with E-state index >= 15 is 0 Å². The third kappa shape index (κ3) is 5.27. The Kier molecular flexibility index (Phi) is 7.05. The molecule has 0 saturated carbocycles. The van der Waals surface area contributed by atoms with Gasteiger partial charge in [0.25, 0.3) is 0 Å². The van der Waals surface area contributed by atoms with Gasteiger partial charge in [-0.05, 0) is 48.2 Å². The topological polar surface area (TPSA) is 53.1 Å². The third-order valence-electron chi connectivity index (χ3n) is 6.37. The van der Waals surface area contributed by atoms with E-state index in [2.05, 4.69) is 4.90 Å². The Morgan fingerprint density at radius 3 is 2.62 bits per heavy atom.